The summed E-state index contributed by atoms with van der Waals surface area (Å²) in [5, 5.41) is 9.60. The Hall–Kier alpha value is -0.120. The van der Waals surface area contributed by atoms with Gasteiger partial charge >= 0.3 is 0 Å². The van der Waals surface area contributed by atoms with Gasteiger partial charge in [-0.3, -0.25) is 0 Å². The number of rotatable bonds is 3. The molecular formula is C7H15NO2. The van der Waals surface area contributed by atoms with Crippen molar-refractivity contribution in [3.63, 3.8) is 0 Å². The molecule has 1 fully saturated rings. The average molecular weight is 145 g/mol. The van der Waals surface area contributed by atoms with Crippen LogP contribution in [0.4, 0.5) is 0 Å². The van der Waals surface area contributed by atoms with Crippen LogP contribution in [0.2, 0.25) is 0 Å². The van der Waals surface area contributed by atoms with E-state index in [4.69, 9.17) is 10.5 Å². The lowest BCUT2D eigenvalue weighted by Gasteiger charge is -2.41. The number of aliphatic hydroxyl groups is 1. The third-order valence-electron chi connectivity index (χ3n) is 2.26. The van der Waals surface area contributed by atoms with Gasteiger partial charge in [0.2, 0.25) is 0 Å². The summed E-state index contributed by atoms with van der Waals surface area (Å²) in [6, 6.07) is -0.203. The van der Waals surface area contributed by atoms with Gasteiger partial charge in [-0.2, -0.15) is 0 Å². The summed E-state index contributed by atoms with van der Waals surface area (Å²) in [5.74, 6) is 0. The average Bonchev–Trinajstić information content (AvgIpc) is 1.83. The van der Waals surface area contributed by atoms with Crippen molar-refractivity contribution in [2.75, 3.05) is 13.7 Å². The van der Waals surface area contributed by atoms with Gasteiger partial charge in [-0.1, -0.05) is 0 Å². The SMILES string of the molecule is COCC(N)C1(O)CCC1. The van der Waals surface area contributed by atoms with E-state index in [1.807, 2.05) is 0 Å². The summed E-state index contributed by atoms with van der Waals surface area (Å²) in [5.41, 5.74) is 5.03. The van der Waals surface area contributed by atoms with E-state index in [-0.39, 0.29) is 6.04 Å². The van der Waals surface area contributed by atoms with Gasteiger partial charge in [-0.25, -0.2) is 0 Å². The molecule has 0 aromatic heterocycles. The fraction of sp³-hybridized carbons (Fsp3) is 1.00. The Bertz CT molecular complexity index is 112. The molecule has 0 saturated heterocycles. The van der Waals surface area contributed by atoms with Crippen molar-refractivity contribution in [2.45, 2.75) is 30.9 Å². The number of hydrogen-bond acceptors (Lipinski definition) is 3. The first-order chi connectivity index (χ1) is 4.69. The van der Waals surface area contributed by atoms with Gasteiger partial charge in [0.05, 0.1) is 18.2 Å². The van der Waals surface area contributed by atoms with Crippen LogP contribution in [0.3, 0.4) is 0 Å². The highest BCUT2D eigenvalue weighted by atomic mass is 16.5. The van der Waals surface area contributed by atoms with Crippen LogP contribution in [-0.4, -0.2) is 30.5 Å². The van der Waals surface area contributed by atoms with E-state index in [9.17, 15) is 5.11 Å². The standard InChI is InChI=1S/C7H15NO2/c1-10-5-6(8)7(9)3-2-4-7/h6,9H,2-5,8H2,1H3. The zero-order valence-electron chi connectivity index (χ0n) is 6.34. The molecular weight excluding hydrogens is 130 g/mol. The van der Waals surface area contributed by atoms with Gasteiger partial charge in [0.1, 0.15) is 0 Å². The van der Waals surface area contributed by atoms with Crippen molar-refractivity contribution >= 4 is 0 Å². The molecule has 10 heavy (non-hydrogen) atoms. The molecule has 1 aliphatic carbocycles. The molecule has 3 nitrogen and oxygen atoms in total. The summed E-state index contributed by atoms with van der Waals surface area (Å²) in [7, 11) is 1.60. The monoisotopic (exact) mass is 145 g/mol. The van der Waals surface area contributed by atoms with Gasteiger partial charge < -0.3 is 15.6 Å². The molecule has 1 rings (SSSR count). The first-order valence-corrected chi connectivity index (χ1v) is 3.66. The Balaban J connectivity index is 2.31. The number of methoxy groups -OCH3 is 1. The van der Waals surface area contributed by atoms with Crippen LogP contribution in [-0.2, 0) is 4.74 Å². The van der Waals surface area contributed by atoms with Crippen molar-refractivity contribution in [3.05, 3.63) is 0 Å². The lowest BCUT2D eigenvalue weighted by Crippen LogP contribution is -2.55. The topological polar surface area (TPSA) is 55.5 Å². The molecule has 0 radical (unpaired) electrons. The number of nitrogens with two attached hydrogens (primary N) is 1. The third kappa shape index (κ3) is 1.31. The highest BCUT2D eigenvalue weighted by Crippen LogP contribution is 2.33. The third-order valence-corrected chi connectivity index (χ3v) is 2.26. The first-order valence-electron chi connectivity index (χ1n) is 3.66. The zero-order chi connectivity index (χ0) is 7.61. The molecule has 0 aliphatic heterocycles. The Labute approximate surface area is 61.2 Å². The normalized spacial score (nSPS) is 25.5. The highest BCUT2D eigenvalue weighted by Gasteiger charge is 2.40. The summed E-state index contributed by atoms with van der Waals surface area (Å²) in [4.78, 5) is 0. The van der Waals surface area contributed by atoms with Crippen molar-refractivity contribution in [1.82, 2.24) is 0 Å². The van der Waals surface area contributed by atoms with Gasteiger partial charge in [0.25, 0.3) is 0 Å². The van der Waals surface area contributed by atoms with Crippen LogP contribution < -0.4 is 5.73 Å². The van der Waals surface area contributed by atoms with Crippen molar-refractivity contribution in [2.24, 2.45) is 5.73 Å². The smallest absolute Gasteiger partial charge is 0.0820 e. The zero-order valence-corrected chi connectivity index (χ0v) is 6.34. The van der Waals surface area contributed by atoms with E-state index in [0.29, 0.717) is 6.61 Å². The molecule has 0 spiro atoms. The molecule has 0 aromatic carbocycles. The Morgan fingerprint density at radius 1 is 1.70 bits per heavy atom. The van der Waals surface area contributed by atoms with Gasteiger partial charge in [0, 0.05) is 7.11 Å². The Morgan fingerprint density at radius 3 is 2.60 bits per heavy atom. The van der Waals surface area contributed by atoms with Gasteiger partial charge in [0.15, 0.2) is 0 Å². The van der Waals surface area contributed by atoms with E-state index in [2.05, 4.69) is 0 Å². The first kappa shape index (κ1) is 7.98. The maximum Gasteiger partial charge on any atom is 0.0820 e. The molecule has 3 N–H and O–H groups in total. The lowest BCUT2D eigenvalue weighted by molar-refractivity contribution is -0.0706. The molecule has 3 heteroatoms. The minimum Gasteiger partial charge on any atom is -0.388 e. The van der Waals surface area contributed by atoms with Gasteiger partial charge in [-0.15, -0.1) is 0 Å². The molecule has 1 atom stereocenters. The second kappa shape index (κ2) is 2.86. The van der Waals surface area contributed by atoms with E-state index < -0.39 is 5.60 Å². The molecule has 0 amide bonds. The predicted molar refractivity (Wildman–Crippen MR) is 38.7 cm³/mol. The van der Waals surface area contributed by atoms with Crippen LogP contribution in [0.25, 0.3) is 0 Å². The summed E-state index contributed by atoms with van der Waals surface area (Å²) >= 11 is 0. The molecule has 60 valence electrons. The molecule has 0 heterocycles. The summed E-state index contributed by atoms with van der Waals surface area (Å²) in [6.07, 6.45) is 2.75. The Morgan fingerprint density at radius 2 is 2.30 bits per heavy atom. The van der Waals surface area contributed by atoms with Crippen LogP contribution in [0.1, 0.15) is 19.3 Å². The van der Waals surface area contributed by atoms with Crippen molar-refractivity contribution < 1.29 is 9.84 Å². The summed E-state index contributed by atoms with van der Waals surface area (Å²) < 4.78 is 4.84. The maximum absolute atomic E-state index is 9.60. The predicted octanol–water partition coefficient (Wildman–Crippen LogP) is -0.125. The lowest BCUT2D eigenvalue weighted by atomic mass is 9.75. The van der Waals surface area contributed by atoms with Crippen LogP contribution in [0.5, 0.6) is 0 Å². The quantitative estimate of drug-likeness (QED) is 0.582. The molecule has 1 saturated carbocycles. The van der Waals surface area contributed by atoms with Crippen LogP contribution >= 0.6 is 0 Å². The Kier molecular flexibility index (Phi) is 2.28. The van der Waals surface area contributed by atoms with Crippen LogP contribution in [0.15, 0.2) is 0 Å². The van der Waals surface area contributed by atoms with Crippen molar-refractivity contribution in [3.8, 4) is 0 Å². The summed E-state index contributed by atoms with van der Waals surface area (Å²) in [6.45, 7) is 0.455. The minimum atomic E-state index is -0.615. The number of hydrogen-bond donors (Lipinski definition) is 2. The van der Waals surface area contributed by atoms with Gasteiger partial charge in [-0.05, 0) is 19.3 Å². The second-order valence-electron chi connectivity index (χ2n) is 3.02. The van der Waals surface area contributed by atoms with E-state index in [0.717, 1.165) is 19.3 Å². The largest absolute Gasteiger partial charge is 0.388 e. The second-order valence-corrected chi connectivity index (χ2v) is 3.02. The fourth-order valence-corrected chi connectivity index (χ4v) is 1.24. The molecule has 1 aliphatic rings. The van der Waals surface area contributed by atoms with E-state index in [1.165, 1.54) is 0 Å². The minimum absolute atomic E-state index is 0.203. The highest BCUT2D eigenvalue weighted by molar-refractivity contribution is 4.96. The van der Waals surface area contributed by atoms with E-state index >= 15 is 0 Å². The number of ether oxygens (including phenoxy) is 1. The maximum atomic E-state index is 9.60. The molecule has 1 unspecified atom stereocenters. The fourth-order valence-electron chi connectivity index (χ4n) is 1.24. The molecule has 0 bridgehead atoms. The molecule has 0 aromatic rings. The van der Waals surface area contributed by atoms with Crippen molar-refractivity contribution in [1.29, 1.82) is 0 Å². The van der Waals surface area contributed by atoms with E-state index in [1.54, 1.807) is 7.11 Å². The van der Waals surface area contributed by atoms with Crippen LogP contribution in [0, 0.1) is 0 Å².